The molecule has 3 aromatic carbocycles. The molecule has 0 radical (unpaired) electrons. The molecule has 0 aliphatic carbocycles. The van der Waals surface area contributed by atoms with Gasteiger partial charge < -0.3 is 5.32 Å². The van der Waals surface area contributed by atoms with Crippen LogP contribution in [0.15, 0.2) is 84.0 Å². The summed E-state index contributed by atoms with van der Waals surface area (Å²) in [6, 6.07) is 21.4. The third-order valence-corrected chi connectivity index (χ3v) is 4.85. The number of benzene rings is 3. The molecule has 1 unspecified atom stereocenters. The van der Waals surface area contributed by atoms with Gasteiger partial charge in [-0.15, -0.1) is 0 Å². The molecule has 2 amide bonds. The first-order chi connectivity index (χ1) is 14.1. The minimum Gasteiger partial charge on any atom is -0.332 e. The van der Waals surface area contributed by atoms with Gasteiger partial charge in [-0.05, 0) is 41.0 Å². The van der Waals surface area contributed by atoms with E-state index in [0.29, 0.717) is 18.8 Å². The van der Waals surface area contributed by atoms with E-state index in [1.165, 1.54) is 29.3 Å². The molecule has 4 nitrogen and oxygen atoms in total. The Balaban J connectivity index is 1.57. The molecule has 0 bridgehead atoms. The second kappa shape index (κ2) is 8.22. The first-order valence-electron chi connectivity index (χ1n) is 9.29. The summed E-state index contributed by atoms with van der Waals surface area (Å²) in [7, 11) is 0. The van der Waals surface area contributed by atoms with Gasteiger partial charge in [0, 0.05) is 12.5 Å². The fourth-order valence-electron chi connectivity index (χ4n) is 3.33. The lowest BCUT2D eigenvalue weighted by Gasteiger charge is -2.16. The predicted molar refractivity (Wildman–Crippen MR) is 107 cm³/mol. The van der Waals surface area contributed by atoms with Gasteiger partial charge in [-0.25, -0.2) is 18.6 Å². The maximum atomic E-state index is 13.4. The van der Waals surface area contributed by atoms with Crippen LogP contribution in [0.3, 0.4) is 0 Å². The number of hydrogen-bond donors (Lipinski definition) is 1. The smallest absolute Gasteiger partial charge is 0.332 e. The fraction of sp³-hybridized carbons (Fsp3) is 0.130. The first kappa shape index (κ1) is 18.8. The third kappa shape index (κ3) is 4.32. The first-order valence-corrected chi connectivity index (χ1v) is 9.29. The summed E-state index contributed by atoms with van der Waals surface area (Å²) in [5.41, 5.74) is 3.19. The third-order valence-electron chi connectivity index (χ3n) is 4.85. The highest BCUT2D eigenvalue weighted by molar-refractivity contribution is 6.07. The van der Waals surface area contributed by atoms with Crippen LogP contribution in [-0.2, 0) is 6.54 Å². The SMILES string of the molecule is O=C(NCc1ccccc1)N1CC(c2ccc(F)cc2)C(c2ccc(F)cc2)=N1. The Morgan fingerprint density at radius 3 is 2.21 bits per heavy atom. The van der Waals surface area contributed by atoms with Crippen molar-refractivity contribution in [1.29, 1.82) is 0 Å². The van der Waals surface area contributed by atoms with Crippen molar-refractivity contribution in [3.05, 3.63) is 107 Å². The van der Waals surface area contributed by atoms with Crippen molar-refractivity contribution in [2.75, 3.05) is 6.54 Å². The normalized spacial score (nSPS) is 15.9. The average molecular weight is 391 g/mol. The highest BCUT2D eigenvalue weighted by atomic mass is 19.1. The van der Waals surface area contributed by atoms with Crippen LogP contribution in [0.2, 0.25) is 0 Å². The van der Waals surface area contributed by atoms with Crippen LogP contribution in [0.1, 0.15) is 22.6 Å². The number of nitrogens with zero attached hydrogens (tertiary/aromatic N) is 2. The van der Waals surface area contributed by atoms with Crippen LogP contribution in [0.4, 0.5) is 13.6 Å². The van der Waals surface area contributed by atoms with Gasteiger partial charge in [-0.2, -0.15) is 5.10 Å². The van der Waals surface area contributed by atoms with Gasteiger partial charge in [-0.3, -0.25) is 0 Å². The van der Waals surface area contributed by atoms with Crippen LogP contribution in [0.5, 0.6) is 0 Å². The topological polar surface area (TPSA) is 44.7 Å². The number of amides is 2. The molecule has 0 spiro atoms. The van der Waals surface area contributed by atoms with Crippen LogP contribution < -0.4 is 5.32 Å². The highest BCUT2D eigenvalue weighted by Gasteiger charge is 2.32. The summed E-state index contributed by atoms with van der Waals surface area (Å²) in [6.07, 6.45) is 0. The second-order valence-corrected chi connectivity index (χ2v) is 6.82. The largest absolute Gasteiger partial charge is 0.338 e. The Labute approximate surface area is 167 Å². The van der Waals surface area contributed by atoms with E-state index in [9.17, 15) is 13.6 Å². The average Bonchev–Trinajstić information content (AvgIpc) is 3.19. The maximum absolute atomic E-state index is 13.4. The lowest BCUT2D eigenvalue weighted by atomic mass is 9.90. The van der Waals surface area contributed by atoms with Crippen molar-refractivity contribution in [3.8, 4) is 0 Å². The van der Waals surface area contributed by atoms with Crippen LogP contribution in [0, 0.1) is 11.6 Å². The van der Waals surface area contributed by atoms with E-state index < -0.39 is 0 Å². The van der Waals surface area contributed by atoms with E-state index in [1.54, 1.807) is 24.3 Å². The number of halogens is 2. The van der Waals surface area contributed by atoms with Crippen molar-refractivity contribution in [2.24, 2.45) is 5.10 Å². The van der Waals surface area contributed by atoms with Crippen molar-refractivity contribution >= 4 is 11.7 Å². The molecule has 1 aliphatic rings. The van der Waals surface area contributed by atoms with E-state index in [-0.39, 0.29) is 23.6 Å². The zero-order chi connectivity index (χ0) is 20.2. The summed E-state index contributed by atoms with van der Waals surface area (Å²) in [5.74, 6) is -0.906. The molecule has 0 saturated carbocycles. The molecular weight excluding hydrogens is 372 g/mol. The van der Waals surface area contributed by atoms with Crippen LogP contribution >= 0.6 is 0 Å². The van der Waals surface area contributed by atoms with Crippen molar-refractivity contribution in [2.45, 2.75) is 12.5 Å². The monoisotopic (exact) mass is 391 g/mol. The summed E-state index contributed by atoms with van der Waals surface area (Å²) < 4.78 is 26.7. The molecule has 0 aromatic heterocycles. The summed E-state index contributed by atoms with van der Waals surface area (Å²) in [5, 5.41) is 8.74. The second-order valence-electron chi connectivity index (χ2n) is 6.82. The Bertz CT molecular complexity index is 1020. The number of nitrogens with one attached hydrogen (secondary N) is 1. The van der Waals surface area contributed by atoms with Gasteiger partial charge in [0.05, 0.1) is 12.3 Å². The Morgan fingerprint density at radius 1 is 0.931 bits per heavy atom. The minimum absolute atomic E-state index is 0.233. The number of rotatable bonds is 4. The van der Waals surface area contributed by atoms with Gasteiger partial charge in [0.15, 0.2) is 0 Å². The zero-order valence-corrected chi connectivity index (χ0v) is 15.6. The lowest BCUT2D eigenvalue weighted by molar-refractivity contribution is 0.203. The molecule has 3 aromatic rings. The molecule has 29 heavy (non-hydrogen) atoms. The van der Waals surface area contributed by atoms with E-state index in [4.69, 9.17) is 0 Å². The molecular formula is C23H19F2N3O. The van der Waals surface area contributed by atoms with Gasteiger partial charge in [0.1, 0.15) is 11.6 Å². The number of urea groups is 1. The quantitative estimate of drug-likeness (QED) is 0.690. The van der Waals surface area contributed by atoms with Crippen LogP contribution in [0.25, 0.3) is 0 Å². The van der Waals surface area contributed by atoms with E-state index in [2.05, 4.69) is 10.4 Å². The lowest BCUT2D eigenvalue weighted by Crippen LogP contribution is -2.35. The molecule has 0 saturated heterocycles. The van der Waals surface area contributed by atoms with Gasteiger partial charge in [0.25, 0.3) is 0 Å². The molecule has 146 valence electrons. The molecule has 4 rings (SSSR count). The number of carbonyl (C=O) groups excluding carboxylic acids is 1. The Kier molecular flexibility index (Phi) is 5.33. The van der Waals surface area contributed by atoms with E-state index >= 15 is 0 Å². The molecule has 6 heteroatoms. The zero-order valence-electron chi connectivity index (χ0n) is 15.6. The molecule has 1 aliphatic heterocycles. The highest BCUT2D eigenvalue weighted by Crippen LogP contribution is 2.29. The summed E-state index contributed by atoms with van der Waals surface area (Å²) in [6.45, 7) is 0.706. The molecule has 0 fully saturated rings. The van der Waals surface area contributed by atoms with Crippen molar-refractivity contribution in [1.82, 2.24) is 10.3 Å². The van der Waals surface area contributed by atoms with Gasteiger partial charge in [0.2, 0.25) is 0 Å². The van der Waals surface area contributed by atoms with E-state index in [1.807, 2.05) is 30.3 Å². The van der Waals surface area contributed by atoms with Gasteiger partial charge in [-0.1, -0.05) is 54.6 Å². The Morgan fingerprint density at radius 2 is 1.55 bits per heavy atom. The maximum Gasteiger partial charge on any atom is 0.338 e. The molecule has 1 atom stereocenters. The summed E-state index contributed by atoms with van der Waals surface area (Å²) in [4.78, 5) is 12.7. The minimum atomic E-state index is -0.344. The predicted octanol–water partition coefficient (Wildman–Crippen LogP) is 4.68. The fourth-order valence-corrected chi connectivity index (χ4v) is 3.33. The van der Waals surface area contributed by atoms with E-state index in [0.717, 1.165) is 16.7 Å². The van der Waals surface area contributed by atoms with Crippen molar-refractivity contribution in [3.63, 3.8) is 0 Å². The van der Waals surface area contributed by atoms with Crippen molar-refractivity contribution < 1.29 is 13.6 Å². The van der Waals surface area contributed by atoms with Crippen LogP contribution in [-0.4, -0.2) is 23.3 Å². The van der Waals surface area contributed by atoms with Gasteiger partial charge >= 0.3 is 6.03 Å². The number of hydrogen-bond acceptors (Lipinski definition) is 2. The number of hydrazone groups is 1. The standard InChI is InChI=1S/C23H19F2N3O/c24-19-10-6-17(7-11-19)21-15-28(23(29)26-14-16-4-2-1-3-5-16)27-22(21)18-8-12-20(25)13-9-18/h1-13,21H,14-15H2,(H,26,29). The summed E-state index contributed by atoms with van der Waals surface area (Å²) >= 11 is 0. The Hall–Kier alpha value is -3.54. The molecule has 1 N–H and O–H groups in total. The number of carbonyl (C=O) groups is 1. The molecule has 1 heterocycles.